The Morgan fingerprint density at radius 3 is 2.72 bits per heavy atom. The first-order valence-electron chi connectivity index (χ1n) is 11.6. The highest BCUT2D eigenvalue weighted by Gasteiger charge is 2.62. The van der Waals surface area contributed by atoms with Crippen LogP contribution in [0.4, 0.5) is 0 Å². The van der Waals surface area contributed by atoms with Crippen molar-refractivity contribution in [3.8, 4) is 0 Å². The van der Waals surface area contributed by atoms with Gasteiger partial charge in [0.2, 0.25) is 0 Å². The van der Waals surface area contributed by atoms with E-state index in [2.05, 4.69) is 29.5 Å². The number of hydrogen-bond donors (Lipinski definition) is 2. The molecule has 4 aliphatic carbocycles. The Morgan fingerprint density at radius 2 is 1.97 bits per heavy atom. The maximum Gasteiger partial charge on any atom is 0.141 e. The van der Waals surface area contributed by atoms with E-state index in [9.17, 15) is 10.0 Å². The van der Waals surface area contributed by atoms with E-state index >= 15 is 0 Å². The van der Waals surface area contributed by atoms with Crippen molar-refractivity contribution in [2.45, 2.75) is 77.7 Å². The number of rotatable bonds is 2. The van der Waals surface area contributed by atoms with Gasteiger partial charge in [-0.25, -0.2) is 0 Å². The minimum absolute atomic E-state index is 0.204. The molecule has 0 spiro atoms. The molecule has 5 aliphatic rings. The average Bonchev–Trinajstić information content (AvgIpc) is 3.34. The molecule has 1 unspecified atom stereocenters. The second-order valence-electron chi connectivity index (χ2n) is 10.7. The monoisotopic (exact) mass is 401 g/mol. The molecule has 5 fully saturated rings. The summed E-state index contributed by atoms with van der Waals surface area (Å²) in [5.74, 6) is 2.02. The number of ketones is 1. The fourth-order valence-corrected chi connectivity index (χ4v) is 7.59. The Balaban J connectivity index is 1.38. The van der Waals surface area contributed by atoms with Crippen LogP contribution >= 0.6 is 0 Å². The molecule has 6 heteroatoms. The summed E-state index contributed by atoms with van der Waals surface area (Å²) in [5, 5.41) is 21.6. The quantitative estimate of drug-likeness (QED) is 0.545. The van der Waals surface area contributed by atoms with Crippen LogP contribution in [0, 0.1) is 34.5 Å². The van der Waals surface area contributed by atoms with E-state index in [0.717, 1.165) is 70.2 Å². The predicted octanol–water partition coefficient (Wildman–Crippen LogP) is 3.77. The Labute approximate surface area is 173 Å². The minimum atomic E-state index is -0.204. The van der Waals surface area contributed by atoms with Gasteiger partial charge in [-0.05, 0) is 74.7 Å². The smallest absolute Gasteiger partial charge is 0.141 e. The summed E-state index contributed by atoms with van der Waals surface area (Å²) < 4.78 is 0. The van der Waals surface area contributed by atoms with Gasteiger partial charge in [0.1, 0.15) is 11.9 Å². The zero-order chi connectivity index (χ0) is 20.2. The second kappa shape index (κ2) is 7.07. The largest absolute Gasteiger partial charge is 0.411 e. The van der Waals surface area contributed by atoms with E-state index in [4.69, 9.17) is 4.84 Å². The van der Waals surface area contributed by atoms with Gasteiger partial charge in [-0.3, -0.25) is 4.79 Å². The molecule has 1 heterocycles. The lowest BCUT2D eigenvalue weighted by atomic mass is 9.45. The lowest BCUT2D eigenvalue weighted by Gasteiger charge is -2.59. The molecule has 5 rings (SSSR count). The number of carbonyl (C=O) groups excluding carboxylic acids is 1. The molecular formula is C23H35N3O3. The predicted molar refractivity (Wildman–Crippen MR) is 111 cm³/mol. The third-order valence-corrected chi connectivity index (χ3v) is 9.51. The summed E-state index contributed by atoms with van der Waals surface area (Å²) in [5.41, 5.74) is 2.15. The zero-order valence-corrected chi connectivity index (χ0v) is 17.8. The normalized spacial score (nSPS) is 49.7. The summed E-state index contributed by atoms with van der Waals surface area (Å²) in [6, 6.07) is 0. The zero-order valence-electron chi connectivity index (χ0n) is 17.8. The van der Waals surface area contributed by atoms with E-state index in [-0.39, 0.29) is 22.9 Å². The SMILES string of the molecule is C[C@]12CC/C(=N\O[C@@H]3CCNC3)CC1C/C(=N/O)[C@@H]1[C@@H]2CC[C@]2(C)C(=O)CC[C@@H]12. The van der Waals surface area contributed by atoms with Gasteiger partial charge in [-0.2, -0.15) is 0 Å². The highest BCUT2D eigenvalue weighted by molar-refractivity contribution is 5.94. The lowest BCUT2D eigenvalue weighted by molar-refractivity contribution is -0.131. The summed E-state index contributed by atoms with van der Waals surface area (Å²) in [7, 11) is 0. The van der Waals surface area contributed by atoms with Crippen LogP contribution in [0.25, 0.3) is 0 Å². The average molecular weight is 402 g/mol. The Kier molecular flexibility index (Phi) is 4.76. The van der Waals surface area contributed by atoms with Crippen LogP contribution < -0.4 is 5.32 Å². The first kappa shape index (κ1) is 19.5. The standard InChI is InChI=1S/C23H35N3O3/c1-22-8-5-15(26-29-16-7-10-24-13-16)11-14(22)12-19(25-28)21-17-3-4-20(27)23(17,2)9-6-18(21)22/h14,16-18,21,24,28H,3-13H2,1-2H3/b25-19-,26-15+/t14?,16-,17+,18+,21+,22+,23+/m1/s1. The molecular weight excluding hydrogens is 366 g/mol. The molecule has 0 radical (unpaired) electrons. The molecule has 7 atom stereocenters. The molecule has 29 heavy (non-hydrogen) atoms. The van der Waals surface area contributed by atoms with Crippen molar-refractivity contribution in [1.29, 1.82) is 0 Å². The van der Waals surface area contributed by atoms with Crippen molar-refractivity contribution in [2.75, 3.05) is 13.1 Å². The van der Waals surface area contributed by atoms with Gasteiger partial charge < -0.3 is 15.4 Å². The van der Waals surface area contributed by atoms with E-state index in [1.165, 1.54) is 5.71 Å². The second-order valence-corrected chi connectivity index (χ2v) is 10.7. The number of fused-ring (bicyclic) bond motifs is 5. The number of nitrogens with zero attached hydrogens (tertiary/aromatic N) is 2. The van der Waals surface area contributed by atoms with Crippen molar-refractivity contribution < 1.29 is 14.8 Å². The minimum Gasteiger partial charge on any atom is -0.411 e. The maximum atomic E-state index is 12.6. The topological polar surface area (TPSA) is 83.3 Å². The molecule has 0 aromatic rings. The third kappa shape index (κ3) is 2.96. The molecule has 0 bridgehead atoms. The number of oxime groups is 2. The molecule has 6 nitrogen and oxygen atoms in total. The van der Waals surface area contributed by atoms with Crippen LogP contribution in [0.15, 0.2) is 10.3 Å². The molecule has 2 N–H and O–H groups in total. The third-order valence-electron chi connectivity index (χ3n) is 9.51. The first-order valence-corrected chi connectivity index (χ1v) is 11.6. The summed E-state index contributed by atoms with van der Waals surface area (Å²) >= 11 is 0. The van der Waals surface area contributed by atoms with E-state index in [0.29, 0.717) is 30.0 Å². The fraction of sp³-hybridized carbons (Fsp3) is 0.870. The van der Waals surface area contributed by atoms with E-state index < -0.39 is 0 Å². The van der Waals surface area contributed by atoms with Gasteiger partial charge in [-0.1, -0.05) is 24.2 Å². The van der Waals surface area contributed by atoms with Crippen molar-refractivity contribution >= 4 is 17.2 Å². The van der Waals surface area contributed by atoms with Gasteiger partial charge in [0, 0.05) is 30.7 Å². The van der Waals surface area contributed by atoms with Crippen LogP contribution in [-0.4, -0.2) is 41.6 Å². The summed E-state index contributed by atoms with van der Waals surface area (Å²) in [6.07, 6.45) is 8.88. The number of nitrogens with one attached hydrogen (secondary N) is 1. The first-order chi connectivity index (χ1) is 14.0. The van der Waals surface area contributed by atoms with Gasteiger partial charge in [0.25, 0.3) is 0 Å². The number of Topliss-reactive ketones (excluding diaryl/α,β-unsaturated/α-hetero) is 1. The van der Waals surface area contributed by atoms with Gasteiger partial charge in [0.15, 0.2) is 0 Å². The van der Waals surface area contributed by atoms with Crippen LogP contribution in [0.2, 0.25) is 0 Å². The molecule has 1 aliphatic heterocycles. The van der Waals surface area contributed by atoms with Crippen LogP contribution in [0.3, 0.4) is 0 Å². The molecule has 0 aromatic heterocycles. The van der Waals surface area contributed by atoms with Gasteiger partial charge >= 0.3 is 0 Å². The molecule has 0 aromatic carbocycles. The molecule has 160 valence electrons. The summed E-state index contributed by atoms with van der Waals surface area (Å²) in [4.78, 5) is 18.5. The Morgan fingerprint density at radius 1 is 1.10 bits per heavy atom. The number of hydrogen-bond acceptors (Lipinski definition) is 6. The van der Waals surface area contributed by atoms with Gasteiger partial charge in [-0.15, -0.1) is 0 Å². The van der Waals surface area contributed by atoms with Crippen molar-refractivity contribution in [3.63, 3.8) is 0 Å². The van der Waals surface area contributed by atoms with Crippen molar-refractivity contribution in [3.05, 3.63) is 0 Å². The van der Waals surface area contributed by atoms with E-state index in [1.54, 1.807) is 0 Å². The number of carbonyl (C=O) groups is 1. The maximum absolute atomic E-state index is 12.6. The Bertz CT molecular complexity index is 744. The highest BCUT2D eigenvalue weighted by atomic mass is 16.6. The molecule has 1 saturated heterocycles. The highest BCUT2D eigenvalue weighted by Crippen LogP contribution is 2.64. The fourth-order valence-electron chi connectivity index (χ4n) is 7.59. The summed E-state index contributed by atoms with van der Waals surface area (Å²) in [6.45, 7) is 6.54. The van der Waals surface area contributed by atoms with Crippen LogP contribution in [-0.2, 0) is 9.63 Å². The molecule has 0 amide bonds. The lowest BCUT2D eigenvalue weighted by Crippen LogP contribution is -2.57. The van der Waals surface area contributed by atoms with E-state index in [1.807, 2.05) is 0 Å². The van der Waals surface area contributed by atoms with Crippen molar-refractivity contribution in [2.24, 2.45) is 44.8 Å². The van der Waals surface area contributed by atoms with Crippen LogP contribution in [0.5, 0.6) is 0 Å². The van der Waals surface area contributed by atoms with Crippen molar-refractivity contribution in [1.82, 2.24) is 5.32 Å². The van der Waals surface area contributed by atoms with Crippen LogP contribution in [0.1, 0.15) is 71.6 Å². The molecule has 4 saturated carbocycles. The van der Waals surface area contributed by atoms with Gasteiger partial charge in [0.05, 0.1) is 11.4 Å². The Hall–Kier alpha value is -1.43.